The van der Waals surface area contributed by atoms with Gasteiger partial charge in [-0.1, -0.05) is 52.5 Å². The lowest BCUT2D eigenvalue weighted by Crippen LogP contribution is -2.38. The summed E-state index contributed by atoms with van der Waals surface area (Å²) in [5, 5.41) is 3.25. The van der Waals surface area contributed by atoms with Crippen molar-refractivity contribution in [1.29, 1.82) is 0 Å². The first kappa shape index (κ1) is 24.4. The SMILES string of the molecule is CN1C(=O)C(=NC(Nc2ccc(Cl)cc2)C(Cl)(Cl)Cl)N(c2cccc(C(F)(F)F)c2)C1=O. The smallest absolute Gasteiger partial charge is 0.360 e. The molecule has 0 aromatic heterocycles. The van der Waals surface area contributed by atoms with E-state index in [0.29, 0.717) is 15.6 Å². The molecule has 1 heterocycles. The lowest BCUT2D eigenvalue weighted by atomic mass is 10.2. The van der Waals surface area contributed by atoms with Crippen LogP contribution in [0.15, 0.2) is 53.5 Å². The topological polar surface area (TPSA) is 65.0 Å². The number of amidine groups is 1. The second-order valence-electron chi connectivity index (χ2n) is 6.58. The van der Waals surface area contributed by atoms with Crippen LogP contribution in [0.1, 0.15) is 5.56 Å². The third kappa shape index (κ3) is 5.23. The Kier molecular flexibility index (Phi) is 6.86. The third-order valence-electron chi connectivity index (χ3n) is 4.33. The number of aliphatic imine (C=N–C) groups is 1. The van der Waals surface area contributed by atoms with E-state index in [4.69, 9.17) is 46.4 Å². The number of nitrogens with zero attached hydrogens (tertiary/aromatic N) is 3. The molecule has 0 aliphatic carbocycles. The standard InChI is InChI=1S/C19H13Cl4F3N4O2/c1-29-15(31)14(28-16(18(21,22)23)27-12-7-5-11(20)6-8-12)30(17(29)32)13-4-2-3-10(9-13)19(24,25)26/h2-9,16,27H,1H3. The molecule has 0 bridgehead atoms. The van der Waals surface area contributed by atoms with E-state index in [2.05, 4.69) is 10.3 Å². The van der Waals surface area contributed by atoms with Crippen LogP contribution in [-0.4, -0.2) is 39.7 Å². The molecular formula is C19H13Cl4F3N4O2. The molecule has 1 fully saturated rings. The van der Waals surface area contributed by atoms with Crippen molar-refractivity contribution in [1.82, 2.24) is 4.90 Å². The number of hydrogen-bond acceptors (Lipinski definition) is 4. The molecule has 13 heteroatoms. The van der Waals surface area contributed by atoms with E-state index >= 15 is 0 Å². The number of rotatable bonds is 4. The van der Waals surface area contributed by atoms with Gasteiger partial charge < -0.3 is 5.32 Å². The Balaban J connectivity index is 2.07. The van der Waals surface area contributed by atoms with Gasteiger partial charge in [-0.2, -0.15) is 13.2 Å². The Morgan fingerprint density at radius 3 is 2.22 bits per heavy atom. The predicted molar refractivity (Wildman–Crippen MR) is 119 cm³/mol. The zero-order valence-electron chi connectivity index (χ0n) is 16.0. The van der Waals surface area contributed by atoms with E-state index in [1.807, 2.05) is 0 Å². The fraction of sp³-hybridized carbons (Fsp3) is 0.211. The average Bonchev–Trinajstić information content (AvgIpc) is 2.91. The largest absolute Gasteiger partial charge is 0.416 e. The van der Waals surface area contributed by atoms with Gasteiger partial charge >= 0.3 is 12.2 Å². The highest BCUT2D eigenvalue weighted by Crippen LogP contribution is 2.36. The first-order valence-electron chi connectivity index (χ1n) is 8.75. The average molecular weight is 528 g/mol. The van der Waals surface area contributed by atoms with Gasteiger partial charge in [-0.3, -0.25) is 9.69 Å². The van der Waals surface area contributed by atoms with E-state index in [1.165, 1.54) is 6.07 Å². The summed E-state index contributed by atoms with van der Waals surface area (Å²) in [6.07, 6.45) is -6.05. The Morgan fingerprint density at radius 1 is 1.03 bits per heavy atom. The van der Waals surface area contributed by atoms with Crippen LogP contribution in [-0.2, 0) is 11.0 Å². The van der Waals surface area contributed by atoms with Crippen LogP contribution in [0.2, 0.25) is 5.02 Å². The fourth-order valence-corrected chi connectivity index (χ4v) is 3.19. The maximum absolute atomic E-state index is 13.2. The van der Waals surface area contributed by atoms with Crippen molar-refractivity contribution < 1.29 is 22.8 Å². The zero-order chi connectivity index (χ0) is 23.8. The normalized spacial score (nSPS) is 17.3. The van der Waals surface area contributed by atoms with Crippen LogP contribution < -0.4 is 10.2 Å². The molecule has 0 saturated carbocycles. The Bertz CT molecular complexity index is 1070. The van der Waals surface area contributed by atoms with Gasteiger partial charge in [-0.15, -0.1) is 0 Å². The number of amides is 3. The molecule has 170 valence electrons. The summed E-state index contributed by atoms with van der Waals surface area (Å²) in [4.78, 5) is 30.8. The number of alkyl halides is 6. The van der Waals surface area contributed by atoms with Gasteiger partial charge in [0.2, 0.25) is 9.63 Å². The van der Waals surface area contributed by atoms with Crippen LogP contribution >= 0.6 is 46.4 Å². The molecule has 6 nitrogen and oxygen atoms in total. The van der Waals surface area contributed by atoms with Crippen molar-refractivity contribution in [3.8, 4) is 0 Å². The summed E-state index contributed by atoms with van der Waals surface area (Å²) in [6, 6.07) is 9.20. The number of carbonyl (C=O) groups excluding carboxylic acids is 2. The van der Waals surface area contributed by atoms with Gasteiger partial charge in [0.1, 0.15) is 0 Å². The highest BCUT2D eigenvalue weighted by Gasteiger charge is 2.44. The fourth-order valence-electron chi connectivity index (χ4n) is 2.75. The maximum atomic E-state index is 13.2. The molecule has 2 aromatic rings. The summed E-state index contributed by atoms with van der Waals surface area (Å²) in [5.74, 6) is -1.40. The number of hydrogen-bond donors (Lipinski definition) is 1. The first-order chi connectivity index (χ1) is 14.8. The lowest BCUT2D eigenvalue weighted by Gasteiger charge is -2.24. The molecule has 3 rings (SSSR count). The highest BCUT2D eigenvalue weighted by atomic mass is 35.6. The van der Waals surface area contributed by atoms with Crippen LogP contribution in [0.3, 0.4) is 0 Å². The van der Waals surface area contributed by atoms with Crippen molar-refractivity contribution in [2.24, 2.45) is 4.99 Å². The second kappa shape index (κ2) is 8.97. The van der Waals surface area contributed by atoms with Gasteiger partial charge in [0.15, 0.2) is 6.17 Å². The monoisotopic (exact) mass is 526 g/mol. The summed E-state index contributed by atoms with van der Waals surface area (Å²) in [6.45, 7) is 0. The van der Waals surface area contributed by atoms with E-state index < -0.39 is 39.5 Å². The molecular weight excluding hydrogens is 515 g/mol. The molecule has 3 amide bonds. The van der Waals surface area contributed by atoms with Gasteiger partial charge in [0.05, 0.1) is 11.3 Å². The van der Waals surface area contributed by atoms with Crippen LogP contribution in [0.5, 0.6) is 0 Å². The van der Waals surface area contributed by atoms with E-state index in [1.54, 1.807) is 24.3 Å². The van der Waals surface area contributed by atoms with Crippen LogP contribution in [0.25, 0.3) is 0 Å². The minimum atomic E-state index is -4.66. The maximum Gasteiger partial charge on any atom is 0.416 e. The molecule has 2 aromatic carbocycles. The van der Waals surface area contributed by atoms with Gasteiger partial charge in [0.25, 0.3) is 5.91 Å². The predicted octanol–water partition coefficient (Wildman–Crippen LogP) is 5.96. The van der Waals surface area contributed by atoms with E-state index in [9.17, 15) is 22.8 Å². The number of imide groups is 1. The minimum absolute atomic E-state index is 0.226. The molecule has 32 heavy (non-hydrogen) atoms. The molecule has 1 atom stereocenters. The number of benzene rings is 2. The number of anilines is 2. The summed E-state index contributed by atoms with van der Waals surface area (Å²) >= 11 is 23.9. The molecule has 1 saturated heterocycles. The second-order valence-corrected chi connectivity index (χ2v) is 9.38. The quantitative estimate of drug-likeness (QED) is 0.394. The number of carbonyl (C=O) groups is 2. The summed E-state index contributed by atoms with van der Waals surface area (Å²) < 4.78 is 37.4. The Morgan fingerprint density at radius 2 is 1.66 bits per heavy atom. The zero-order valence-corrected chi connectivity index (χ0v) is 19.0. The molecule has 1 N–H and O–H groups in total. The Labute approximate surface area is 200 Å². The molecule has 1 aliphatic rings. The first-order valence-corrected chi connectivity index (χ1v) is 10.3. The summed E-state index contributed by atoms with van der Waals surface area (Å²) in [7, 11) is 1.16. The molecule has 1 aliphatic heterocycles. The Hall–Kier alpha value is -2.20. The number of nitrogens with one attached hydrogen (secondary N) is 1. The van der Waals surface area contributed by atoms with E-state index in [0.717, 1.165) is 30.1 Å². The van der Waals surface area contributed by atoms with Crippen LogP contribution in [0.4, 0.5) is 29.3 Å². The third-order valence-corrected chi connectivity index (χ3v) is 5.20. The van der Waals surface area contributed by atoms with Gasteiger partial charge in [0, 0.05) is 17.8 Å². The molecule has 0 spiro atoms. The van der Waals surface area contributed by atoms with Gasteiger partial charge in [-0.05, 0) is 42.5 Å². The van der Waals surface area contributed by atoms with Crippen LogP contribution in [0, 0.1) is 0 Å². The van der Waals surface area contributed by atoms with Crippen molar-refractivity contribution in [2.75, 3.05) is 17.3 Å². The van der Waals surface area contributed by atoms with Crippen molar-refractivity contribution >= 4 is 75.6 Å². The molecule has 0 radical (unpaired) electrons. The number of likely N-dealkylation sites (N-methyl/N-ethyl adjacent to an activating group) is 1. The van der Waals surface area contributed by atoms with E-state index in [-0.39, 0.29) is 5.69 Å². The van der Waals surface area contributed by atoms with Crippen molar-refractivity contribution in [3.05, 3.63) is 59.1 Å². The van der Waals surface area contributed by atoms with Crippen molar-refractivity contribution in [3.63, 3.8) is 0 Å². The highest BCUT2D eigenvalue weighted by molar-refractivity contribution is 6.68. The van der Waals surface area contributed by atoms with Crippen molar-refractivity contribution in [2.45, 2.75) is 16.1 Å². The lowest BCUT2D eigenvalue weighted by molar-refractivity contribution is -0.137. The minimum Gasteiger partial charge on any atom is -0.360 e. The van der Waals surface area contributed by atoms with Gasteiger partial charge in [-0.25, -0.2) is 14.7 Å². The number of urea groups is 1. The summed E-state index contributed by atoms with van der Waals surface area (Å²) in [5.41, 5.74) is -0.817. The molecule has 1 unspecified atom stereocenters. The number of halogens is 7.